The maximum atomic E-state index is 3.68. The van der Waals surface area contributed by atoms with Crippen molar-refractivity contribution in [2.24, 2.45) is 5.41 Å². The predicted molar refractivity (Wildman–Crippen MR) is 75.5 cm³/mol. The highest BCUT2D eigenvalue weighted by molar-refractivity contribution is 9.09. The fraction of sp³-hybridized carbons (Fsp3) is 0.600. The van der Waals surface area contributed by atoms with Gasteiger partial charge in [0.25, 0.3) is 0 Å². The molecule has 1 aromatic carbocycles. The van der Waals surface area contributed by atoms with Crippen molar-refractivity contribution in [1.29, 1.82) is 0 Å². The van der Waals surface area contributed by atoms with Crippen LogP contribution in [0.15, 0.2) is 24.3 Å². The van der Waals surface area contributed by atoms with Gasteiger partial charge in [0.15, 0.2) is 0 Å². The van der Waals surface area contributed by atoms with E-state index in [2.05, 4.69) is 45.1 Å². The van der Waals surface area contributed by atoms with E-state index in [1.165, 1.54) is 44.1 Å². The van der Waals surface area contributed by atoms with E-state index < -0.39 is 0 Å². The quantitative estimate of drug-likeness (QED) is 0.770. The van der Waals surface area contributed by atoms with Crippen LogP contribution in [-0.4, -0.2) is 23.3 Å². The second-order valence-corrected chi connectivity index (χ2v) is 6.28. The summed E-state index contributed by atoms with van der Waals surface area (Å²) in [6.45, 7) is 3.71. The molecule has 0 spiro atoms. The number of aryl methyl sites for hydroxylation is 1. The number of benzene rings is 1. The van der Waals surface area contributed by atoms with Gasteiger partial charge >= 0.3 is 0 Å². The van der Waals surface area contributed by atoms with Crippen molar-refractivity contribution in [3.8, 4) is 0 Å². The largest absolute Gasteiger partial charge is 0.298 e. The van der Waals surface area contributed by atoms with Crippen molar-refractivity contribution in [2.75, 3.05) is 18.4 Å². The first-order chi connectivity index (χ1) is 8.31. The van der Waals surface area contributed by atoms with Crippen LogP contribution < -0.4 is 0 Å². The molecular formula is C15H20BrN. The summed E-state index contributed by atoms with van der Waals surface area (Å²) in [5, 5.41) is 1.18. The van der Waals surface area contributed by atoms with E-state index in [1.54, 1.807) is 11.1 Å². The van der Waals surface area contributed by atoms with Crippen LogP contribution in [0.25, 0.3) is 0 Å². The number of hydrogen-bond acceptors (Lipinski definition) is 1. The average molecular weight is 294 g/mol. The molecule has 1 aliphatic heterocycles. The third kappa shape index (κ3) is 2.58. The summed E-state index contributed by atoms with van der Waals surface area (Å²) in [6, 6.07) is 8.96. The molecule has 0 saturated heterocycles. The average Bonchev–Trinajstić information content (AvgIpc) is 3.13. The number of nitrogens with zero attached hydrogens (tertiary/aromatic N) is 1. The van der Waals surface area contributed by atoms with Gasteiger partial charge in [0.1, 0.15) is 0 Å². The Morgan fingerprint density at radius 2 is 1.94 bits per heavy atom. The van der Waals surface area contributed by atoms with Crippen molar-refractivity contribution < 1.29 is 0 Å². The van der Waals surface area contributed by atoms with Crippen molar-refractivity contribution in [3.63, 3.8) is 0 Å². The molecule has 92 valence electrons. The van der Waals surface area contributed by atoms with Gasteiger partial charge in [0, 0.05) is 18.4 Å². The fourth-order valence-corrected chi connectivity index (χ4v) is 3.63. The van der Waals surface area contributed by atoms with Crippen LogP contribution in [-0.2, 0) is 13.0 Å². The van der Waals surface area contributed by atoms with Gasteiger partial charge in [-0.25, -0.2) is 0 Å². The first-order valence-electron chi connectivity index (χ1n) is 6.66. The molecule has 17 heavy (non-hydrogen) atoms. The summed E-state index contributed by atoms with van der Waals surface area (Å²) < 4.78 is 0. The lowest BCUT2D eigenvalue weighted by atomic mass is 10.0. The maximum absolute atomic E-state index is 3.68. The van der Waals surface area contributed by atoms with Crippen LogP contribution in [0.1, 0.15) is 30.4 Å². The number of halogens is 1. The first-order valence-corrected chi connectivity index (χ1v) is 7.79. The van der Waals surface area contributed by atoms with Crippen molar-refractivity contribution in [2.45, 2.75) is 32.2 Å². The van der Waals surface area contributed by atoms with E-state index >= 15 is 0 Å². The molecule has 1 aromatic rings. The Hall–Kier alpha value is -0.340. The van der Waals surface area contributed by atoms with E-state index in [-0.39, 0.29) is 0 Å². The molecule has 0 radical (unpaired) electrons. The zero-order valence-corrected chi connectivity index (χ0v) is 11.9. The highest BCUT2D eigenvalue weighted by Gasteiger charge is 2.42. The second kappa shape index (κ2) is 4.74. The molecule has 2 heteroatoms. The first kappa shape index (κ1) is 11.7. The molecule has 0 amide bonds. The van der Waals surface area contributed by atoms with Crippen LogP contribution in [0.4, 0.5) is 0 Å². The lowest BCUT2D eigenvalue weighted by Crippen LogP contribution is -2.31. The zero-order valence-electron chi connectivity index (χ0n) is 10.3. The lowest BCUT2D eigenvalue weighted by molar-refractivity contribution is 0.226. The molecule has 1 heterocycles. The Labute approximate surface area is 112 Å². The third-order valence-corrected chi connectivity index (χ3v) is 5.42. The Morgan fingerprint density at radius 1 is 1.18 bits per heavy atom. The summed E-state index contributed by atoms with van der Waals surface area (Å²) in [5.74, 6) is 0. The Balaban J connectivity index is 1.72. The molecular weight excluding hydrogens is 274 g/mol. The van der Waals surface area contributed by atoms with Gasteiger partial charge in [0.05, 0.1) is 0 Å². The van der Waals surface area contributed by atoms with Crippen molar-refractivity contribution in [1.82, 2.24) is 4.90 Å². The number of fused-ring (bicyclic) bond motifs is 1. The summed E-state index contributed by atoms with van der Waals surface area (Å²) >= 11 is 3.68. The van der Waals surface area contributed by atoms with Gasteiger partial charge in [-0.2, -0.15) is 0 Å². The monoisotopic (exact) mass is 293 g/mol. The van der Waals surface area contributed by atoms with E-state index in [9.17, 15) is 0 Å². The molecule has 0 bridgehead atoms. The van der Waals surface area contributed by atoms with E-state index in [0.29, 0.717) is 5.41 Å². The summed E-state index contributed by atoms with van der Waals surface area (Å²) in [5.41, 5.74) is 3.73. The van der Waals surface area contributed by atoms with Crippen molar-refractivity contribution >= 4 is 15.9 Å². The molecule has 0 atom stereocenters. The van der Waals surface area contributed by atoms with Crippen LogP contribution >= 0.6 is 15.9 Å². The van der Waals surface area contributed by atoms with Gasteiger partial charge in [-0.05, 0) is 48.8 Å². The standard InChI is InChI=1S/C15H20BrN/c16-11-15(7-8-15)12-17-9-3-6-13-4-1-2-5-14(13)10-17/h1-2,4-5H,3,6-12H2. The minimum Gasteiger partial charge on any atom is -0.298 e. The van der Waals surface area contributed by atoms with Crippen LogP contribution in [0.3, 0.4) is 0 Å². The van der Waals surface area contributed by atoms with Gasteiger partial charge < -0.3 is 0 Å². The molecule has 1 saturated carbocycles. The van der Waals surface area contributed by atoms with Gasteiger partial charge in [0.2, 0.25) is 0 Å². The molecule has 1 fully saturated rings. The molecule has 0 aromatic heterocycles. The second-order valence-electron chi connectivity index (χ2n) is 5.72. The molecule has 2 aliphatic rings. The van der Waals surface area contributed by atoms with Gasteiger partial charge in [-0.15, -0.1) is 0 Å². The fourth-order valence-electron chi connectivity index (χ4n) is 2.89. The Bertz CT molecular complexity index is 398. The molecule has 1 nitrogen and oxygen atoms in total. The maximum Gasteiger partial charge on any atom is 0.0236 e. The molecule has 0 unspecified atom stereocenters. The zero-order chi connectivity index (χ0) is 11.7. The highest BCUT2D eigenvalue weighted by Crippen LogP contribution is 2.48. The Morgan fingerprint density at radius 3 is 2.65 bits per heavy atom. The lowest BCUT2D eigenvalue weighted by Gasteiger charge is -2.25. The van der Waals surface area contributed by atoms with Crippen LogP contribution in [0, 0.1) is 5.41 Å². The van der Waals surface area contributed by atoms with E-state index in [0.717, 1.165) is 6.54 Å². The van der Waals surface area contributed by atoms with Crippen molar-refractivity contribution in [3.05, 3.63) is 35.4 Å². The summed E-state index contributed by atoms with van der Waals surface area (Å²) in [4.78, 5) is 2.67. The molecule has 0 N–H and O–H groups in total. The van der Waals surface area contributed by atoms with E-state index in [4.69, 9.17) is 0 Å². The normalized spacial score (nSPS) is 22.9. The Kier molecular flexibility index (Phi) is 3.27. The summed E-state index contributed by atoms with van der Waals surface area (Å²) in [6.07, 6.45) is 5.40. The smallest absolute Gasteiger partial charge is 0.0236 e. The number of rotatable bonds is 3. The minimum absolute atomic E-state index is 0.610. The highest BCUT2D eigenvalue weighted by atomic mass is 79.9. The topological polar surface area (TPSA) is 3.24 Å². The third-order valence-electron chi connectivity index (χ3n) is 4.23. The van der Waals surface area contributed by atoms with Gasteiger partial charge in [-0.1, -0.05) is 40.2 Å². The van der Waals surface area contributed by atoms with Crippen LogP contribution in [0.2, 0.25) is 0 Å². The van der Waals surface area contributed by atoms with Gasteiger partial charge in [-0.3, -0.25) is 4.90 Å². The van der Waals surface area contributed by atoms with Crippen LogP contribution in [0.5, 0.6) is 0 Å². The number of hydrogen-bond donors (Lipinski definition) is 0. The van der Waals surface area contributed by atoms with E-state index in [1.807, 2.05) is 0 Å². The predicted octanol–water partition coefficient (Wildman–Crippen LogP) is 3.61. The number of alkyl halides is 1. The molecule has 3 rings (SSSR count). The SMILES string of the molecule is BrCC1(CN2CCCc3ccccc3C2)CC1. The minimum atomic E-state index is 0.610. The summed E-state index contributed by atoms with van der Waals surface area (Å²) in [7, 11) is 0. The molecule has 1 aliphatic carbocycles.